The quantitative estimate of drug-likeness (QED) is 0.623. The Morgan fingerprint density at radius 3 is 2.63 bits per heavy atom. The number of benzene rings is 2. The lowest BCUT2D eigenvalue weighted by Gasteiger charge is -2.23. The van der Waals surface area contributed by atoms with Crippen LogP contribution in [0.5, 0.6) is 5.75 Å². The summed E-state index contributed by atoms with van der Waals surface area (Å²) in [5.41, 5.74) is 5.91. The van der Waals surface area contributed by atoms with Crippen LogP contribution in [0.1, 0.15) is 19.4 Å². The number of anilines is 1. The molecule has 1 heterocycles. The molecule has 1 aliphatic heterocycles. The number of halogens is 1. The van der Waals surface area contributed by atoms with E-state index in [1.54, 1.807) is 30.5 Å². The molecule has 0 saturated carbocycles. The Labute approximate surface area is 164 Å². The minimum Gasteiger partial charge on any atom is -0.484 e. The number of amides is 1. The van der Waals surface area contributed by atoms with E-state index in [4.69, 9.17) is 16.3 Å². The van der Waals surface area contributed by atoms with Crippen molar-refractivity contribution in [2.24, 2.45) is 5.10 Å². The fourth-order valence-electron chi connectivity index (χ4n) is 3.23. The van der Waals surface area contributed by atoms with Gasteiger partial charge in [0.1, 0.15) is 5.75 Å². The largest absolute Gasteiger partial charge is 0.484 e. The maximum Gasteiger partial charge on any atom is 0.277 e. The number of hydrazone groups is 1. The summed E-state index contributed by atoms with van der Waals surface area (Å²) in [6.45, 7) is 4.23. The van der Waals surface area contributed by atoms with E-state index in [9.17, 15) is 4.79 Å². The summed E-state index contributed by atoms with van der Waals surface area (Å²) in [5.74, 6) is 0.245. The van der Waals surface area contributed by atoms with E-state index < -0.39 is 0 Å². The van der Waals surface area contributed by atoms with E-state index in [1.807, 2.05) is 25.3 Å². The minimum absolute atomic E-state index is 0.119. The van der Waals surface area contributed by atoms with Gasteiger partial charge in [-0.15, -0.1) is 0 Å². The van der Waals surface area contributed by atoms with Gasteiger partial charge in [0.15, 0.2) is 6.61 Å². The standard InChI is InChI=1S/C21H22ClN3O2/c1-21(2)17-6-4-5-7-18(17)25(3)19(21)12-13-23-24-20(26)14-27-16-10-8-15(22)9-11-16/h4-13H,14H2,1-3H3,(H,24,26)/b19-12-,23-13-. The molecule has 3 rings (SSSR count). The van der Waals surface area contributed by atoms with Crippen molar-refractivity contribution in [3.05, 3.63) is 70.9 Å². The van der Waals surface area contributed by atoms with Gasteiger partial charge in [0.05, 0.1) is 0 Å². The molecule has 0 aliphatic carbocycles. The SMILES string of the molecule is CN1/C(=C\C=N/NC(=O)COc2ccc(Cl)cc2)C(C)(C)c2ccccc21. The van der Waals surface area contributed by atoms with E-state index in [0.29, 0.717) is 10.8 Å². The predicted octanol–water partition coefficient (Wildman–Crippen LogP) is 4.13. The zero-order chi connectivity index (χ0) is 19.4. The third kappa shape index (κ3) is 4.14. The molecule has 0 unspecified atom stereocenters. The first-order valence-corrected chi connectivity index (χ1v) is 9.01. The monoisotopic (exact) mass is 383 g/mol. The normalized spacial score (nSPS) is 16.6. The lowest BCUT2D eigenvalue weighted by Crippen LogP contribution is -2.25. The highest BCUT2D eigenvalue weighted by atomic mass is 35.5. The van der Waals surface area contributed by atoms with Crippen molar-refractivity contribution in [2.45, 2.75) is 19.3 Å². The molecule has 1 aliphatic rings. The Hall–Kier alpha value is -2.79. The van der Waals surface area contributed by atoms with Crippen LogP contribution in [0.15, 0.2) is 65.4 Å². The van der Waals surface area contributed by atoms with Gasteiger partial charge in [0, 0.05) is 35.1 Å². The number of carbonyl (C=O) groups is 1. The molecule has 6 heteroatoms. The number of allylic oxidation sites excluding steroid dienone is 2. The number of fused-ring (bicyclic) bond motifs is 1. The van der Waals surface area contributed by atoms with Gasteiger partial charge in [0.25, 0.3) is 5.91 Å². The fourth-order valence-corrected chi connectivity index (χ4v) is 3.36. The van der Waals surface area contributed by atoms with Crippen molar-refractivity contribution in [3.8, 4) is 5.75 Å². The van der Waals surface area contributed by atoms with Gasteiger partial charge < -0.3 is 9.64 Å². The molecule has 140 valence electrons. The second-order valence-corrected chi connectivity index (χ2v) is 7.25. The molecule has 0 bridgehead atoms. The first kappa shape index (κ1) is 19.0. The number of nitrogens with one attached hydrogen (secondary N) is 1. The Kier molecular flexibility index (Phi) is 5.51. The van der Waals surface area contributed by atoms with Gasteiger partial charge in [0.2, 0.25) is 0 Å². The van der Waals surface area contributed by atoms with Crippen molar-refractivity contribution >= 4 is 29.4 Å². The molecule has 0 spiro atoms. The number of ether oxygens (including phenoxy) is 1. The summed E-state index contributed by atoms with van der Waals surface area (Å²) in [5, 5.41) is 4.61. The average molecular weight is 384 g/mol. The smallest absolute Gasteiger partial charge is 0.277 e. The molecule has 0 atom stereocenters. The third-order valence-electron chi connectivity index (χ3n) is 4.62. The number of hydrogen-bond donors (Lipinski definition) is 1. The summed E-state index contributed by atoms with van der Waals surface area (Å²) in [4.78, 5) is 14.0. The molecule has 2 aromatic carbocycles. The molecule has 1 N–H and O–H groups in total. The summed E-state index contributed by atoms with van der Waals surface area (Å²) in [6.07, 6.45) is 3.51. The number of carbonyl (C=O) groups excluding carboxylic acids is 1. The number of likely N-dealkylation sites (N-methyl/N-ethyl adjacent to an activating group) is 1. The lowest BCUT2D eigenvalue weighted by atomic mass is 9.84. The van der Waals surface area contributed by atoms with Crippen LogP contribution in [0.4, 0.5) is 5.69 Å². The molecular formula is C21H22ClN3O2. The first-order chi connectivity index (χ1) is 12.9. The van der Waals surface area contributed by atoms with E-state index in [-0.39, 0.29) is 17.9 Å². The minimum atomic E-state index is -0.332. The van der Waals surface area contributed by atoms with Gasteiger partial charge in [-0.1, -0.05) is 43.6 Å². The molecule has 2 aromatic rings. The average Bonchev–Trinajstić information content (AvgIpc) is 2.85. The van der Waals surface area contributed by atoms with Crippen LogP contribution in [-0.2, 0) is 10.2 Å². The molecule has 0 aromatic heterocycles. The lowest BCUT2D eigenvalue weighted by molar-refractivity contribution is -0.123. The molecule has 27 heavy (non-hydrogen) atoms. The summed E-state index contributed by atoms with van der Waals surface area (Å²) >= 11 is 5.81. The van der Waals surface area contributed by atoms with Crippen LogP contribution in [0.25, 0.3) is 0 Å². The molecule has 5 nitrogen and oxygen atoms in total. The van der Waals surface area contributed by atoms with E-state index in [0.717, 1.165) is 5.70 Å². The predicted molar refractivity (Wildman–Crippen MR) is 110 cm³/mol. The van der Waals surface area contributed by atoms with Gasteiger partial charge in [-0.2, -0.15) is 5.10 Å². The number of nitrogens with zero attached hydrogens (tertiary/aromatic N) is 2. The molecule has 1 amide bonds. The topological polar surface area (TPSA) is 53.9 Å². The number of para-hydroxylation sites is 1. The van der Waals surface area contributed by atoms with Crippen molar-refractivity contribution in [1.29, 1.82) is 0 Å². The summed E-state index contributed by atoms with van der Waals surface area (Å²) in [7, 11) is 2.03. The molecule has 0 saturated heterocycles. The van der Waals surface area contributed by atoms with Gasteiger partial charge in [-0.05, 0) is 42.0 Å². The second kappa shape index (κ2) is 7.84. The third-order valence-corrected chi connectivity index (χ3v) is 4.87. The number of rotatable bonds is 5. The highest BCUT2D eigenvalue weighted by molar-refractivity contribution is 6.30. The van der Waals surface area contributed by atoms with Crippen LogP contribution in [0, 0.1) is 0 Å². The van der Waals surface area contributed by atoms with Crippen molar-refractivity contribution in [3.63, 3.8) is 0 Å². The second-order valence-electron chi connectivity index (χ2n) is 6.81. The Bertz CT molecular complexity index is 889. The van der Waals surface area contributed by atoms with Crippen LogP contribution in [0.3, 0.4) is 0 Å². The van der Waals surface area contributed by atoms with E-state index in [1.165, 1.54) is 11.3 Å². The molecule has 0 fully saturated rings. The van der Waals surface area contributed by atoms with Crippen LogP contribution >= 0.6 is 11.6 Å². The van der Waals surface area contributed by atoms with Crippen molar-refractivity contribution in [1.82, 2.24) is 5.43 Å². The number of hydrogen-bond acceptors (Lipinski definition) is 4. The highest BCUT2D eigenvalue weighted by Crippen LogP contribution is 2.46. The summed E-state index contributed by atoms with van der Waals surface area (Å²) in [6, 6.07) is 15.1. The maximum absolute atomic E-state index is 11.8. The van der Waals surface area contributed by atoms with Crippen LogP contribution in [0.2, 0.25) is 5.02 Å². The van der Waals surface area contributed by atoms with E-state index >= 15 is 0 Å². The van der Waals surface area contributed by atoms with Crippen molar-refractivity contribution in [2.75, 3.05) is 18.6 Å². The summed E-state index contributed by atoms with van der Waals surface area (Å²) < 4.78 is 5.38. The zero-order valence-electron chi connectivity index (χ0n) is 15.6. The van der Waals surface area contributed by atoms with Crippen molar-refractivity contribution < 1.29 is 9.53 Å². The zero-order valence-corrected chi connectivity index (χ0v) is 16.3. The molecule has 0 radical (unpaired) electrons. The van der Waals surface area contributed by atoms with Gasteiger partial charge in [-0.25, -0.2) is 5.43 Å². The Morgan fingerprint density at radius 2 is 1.93 bits per heavy atom. The maximum atomic E-state index is 11.8. The highest BCUT2D eigenvalue weighted by Gasteiger charge is 2.37. The molecular weight excluding hydrogens is 362 g/mol. The fraction of sp³-hybridized carbons (Fsp3) is 0.238. The van der Waals surface area contributed by atoms with Crippen LogP contribution < -0.4 is 15.1 Å². The van der Waals surface area contributed by atoms with E-state index in [2.05, 4.69) is 41.4 Å². The van der Waals surface area contributed by atoms with Gasteiger partial charge >= 0.3 is 0 Å². The Morgan fingerprint density at radius 1 is 1.22 bits per heavy atom. The first-order valence-electron chi connectivity index (χ1n) is 8.64. The Balaban J connectivity index is 1.57. The van der Waals surface area contributed by atoms with Crippen LogP contribution in [-0.4, -0.2) is 25.8 Å². The van der Waals surface area contributed by atoms with Gasteiger partial charge in [-0.3, -0.25) is 4.79 Å².